The Morgan fingerprint density at radius 1 is 0.926 bits per heavy atom. The number of benzene rings is 2. The Labute approximate surface area is 156 Å². The average molecular weight is 371 g/mol. The normalized spacial score (nSPS) is 10.0. The topological polar surface area (TPSA) is 120 Å². The predicted molar refractivity (Wildman–Crippen MR) is 98.4 cm³/mol. The first-order chi connectivity index (χ1) is 12.9. The molecule has 4 N–H and O–H groups in total. The van der Waals surface area contributed by atoms with Gasteiger partial charge >= 0.3 is 0 Å². The lowest BCUT2D eigenvalue weighted by atomic mass is 10.1. The summed E-state index contributed by atoms with van der Waals surface area (Å²) >= 11 is 0. The van der Waals surface area contributed by atoms with E-state index in [0.29, 0.717) is 5.56 Å². The van der Waals surface area contributed by atoms with Gasteiger partial charge in [0.25, 0.3) is 17.7 Å². The highest BCUT2D eigenvalue weighted by Crippen LogP contribution is 2.27. The number of ether oxygens (including phenoxy) is 2. The van der Waals surface area contributed by atoms with Crippen LogP contribution >= 0.6 is 0 Å². The lowest BCUT2D eigenvalue weighted by Crippen LogP contribution is -2.41. The lowest BCUT2D eigenvalue weighted by molar-refractivity contribution is -0.119. The van der Waals surface area contributed by atoms with E-state index in [0.717, 1.165) is 12.0 Å². The van der Waals surface area contributed by atoms with Gasteiger partial charge in [0, 0.05) is 11.1 Å². The molecular weight excluding hydrogens is 350 g/mol. The first-order valence-electron chi connectivity index (χ1n) is 8.23. The third-order valence-corrected chi connectivity index (χ3v) is 3.71. The highest BCUT2D eigenvalue weighted by molar-refractivity contribution is 5.99. The molecule has 0 aliphatic carbocycles. The molecule has 8 heteroatoms. The summed E-state index contributed by atoms with van der Waals surface area (Å²) in [5.41, 5.74) is 11.5. The molecule has 2 aromatic carbocycles. The third-order valence-electron chi connectivity index (χ3n) is 3.71. The number of methoxy groups -OCH3 is 1. The lowest BCUT2D eigenvalue weighted by Gasteiger charge is -2.12. The standard InChI is InChI=1S/C19H21N3O5/c1-3-12-4-6-13(7-5-12)18(24)21-22-19(25)14-8-9-15(16(10-14)26-2)27-11-17(20)23/h4-10H,3,11H2,1-2H3,(H2,20,23)(H,21,24)(H,22,25). The van der Waals surface area contributed by atoms with Crippen LogP contribution in [0.1, 0.15) is 33.2 Å². The van der Waals surface area contributed by atoms with Crippen molar-refractivity contribution in [2.75, 3.05) is 13.7 Å². The number of hydrazine groups is 1. The summed E-state index contributed by atoms with van der Waals surface area (Å²) in [7, 11) is 1.40. The molecule has 0 bridgehead atoms. The van der Waals surface area contributed by atoms with Gasteiger partial charge in [-0.1, -0.05) is 19.1 Å². The van der Waals surface area contributed by atoms with Gasteiger partial charge in [-0.15, -0.1) is 0 Å². The summed E-state index contributed by atoms with van der Waals surface area (Å²) in [4.78, 5) is 35.1. The van der Waals surface area contributed by atoms with Gasteiger partial charge < -0.3 is 15.2 Å². The molecule has 8 nitrogen and oxygen atoms in total. The minimum atomic E-state index is -0.631. The number of amides is 3. The molecule has 27 heavy (non-hydrogen) atoms. The molecule has 0 saturated carbocycles. The second-order valence-corrected chi connectivity index (χ2v) is 5.58. The van der Waals surface area contributed by atoms with Crippen molar-refractivity contribution in [3.05, 3.63) is 59.2 Å². The molecule has 0 atom stereocenters. The van der Waals surface area contributed by atoms with Gasteiger partial charge in [0.05, 0.1) is 7.11 Å². The van der Waals surface area contributed by atoms with E-state index in [1.165, 1.54) is 25.3 Å². The van der Waals surface area contributed by atoms with Gasteiger partial charge in [0.15, 0.2) is 18.1 Å². The van der Waals surface area contributed by atoms with Crippen LogP contribution in [0.3, 0.4) is 0 Å². The smallest absolute Gasteiger partial charge is 0.269 e. The van der Waals surface area contributed by atoms with Crippen LogP contribution in [0.25, 0.3) is 0 Å². The average Bonchev–Trinajstić information content (AvgIpc) is 2.69. The molecule has 0 fully saturated rings. The van der Waals surface area contributed by atoms with E-state index in [-0.39, 0.29) is 23.7 Å². The number of aryl methyl sites for hydroxylation is 1. The molecule has 0 radical (unpaired) electrons. The monoisotopic (exact) mass is 371 g/mol. The fourth-order valence-electron chi connectivity index (χ4n) is 2.23. The number of carbonyl (C=O) groups excluding carboxylic acids is 3. The van der Waals surface area contributed by atoms with Crippen LogP contribution in [-0.4, -0.2) is 31.4 Å². The Bertz CT molecular complexity index is 834. The van der Waals surface area contributed by atoms with Gasteiger partial charge in [0.1, 0.15) is 0 Å². The maximum atomic E-state index is 12.2. The van der Waals surface area contributed by atoms with E-state index in [1.807, 2.05) is 19.1 Å². The first-order valence-corrected chi connectivity index (χ1v) is 8.23. The van der Waals surface area contributed by atoms with Crippen molar-refractivity contribution in [1.29, 1.82) is 0 Å². The minimum absolute atomic E-state index is 0.236. The highest BCUT2D eigenvalue weighted by atomic mass is 16.5. The number of carbonyl (C=O) groups is 3. The Balaban J connectivity index is 2.00. The quantitative estimate of drug-likeness (QED) is 0.632. The Hall–Kier alpha value is -3.55. The zero-order valence-electron chi connectivity index (χ0n) is 15.1. The Kier molecular flexibility index (Phi) is 6.76. The van der Waals surface area contributed by atoms with E-state index in [9.17, 15) is 14.4 Å². The van der Waals surface area contributed by atoms with Gasteiger partial charge in [-0.25, -0.2) is 0 Å². The summed E-state index contributed by atoms with van der Waals surface area (Å²) in [6, 6.07) is 11.5. The molecule has 0 aliphatic heterocycles. The number of nitrogens with one attached hydrogen (secondary N) is 2. The number of rotatable bonds is 7. The Morgan fingerprint density at radius 3 is 2.07 bits per heavy atom. The SMILES string of the molecule is CCc1ccc(C(=O)NNC(=O)c2ccc(OCC(N)=O)c(OC)c2)cc1. The molecule has 0 unspecified atom stereocenters. The maximum absolute atomic E-state index is 12.2. The van der Waals surface area contributed by atoms with E-state index in [4.69, 9.17) is 15.2 Å². The fraction of sp³-hybridized carbons (Fsp3) is 0.211. The van der Waals surface area contributed by atoms with Crippen molar-refractivity contribution in [3.63, 3.8) is 0 Å². The van der Waals surface area contributed by atoms with Crippen molar-refractivity contribution in [3.8, 4) is 11.5 Å². The van der Waals surface area contributed by atoms with Crippen LogP contribution in [0.4, 0.5) is 0 Å². The van der Waals surface area contributed by atoms with Gasteiger partial charge in [-0.3, -0.25) is 25.2 Å². The van der Waals surface area contributed by atoms with E-state index in [2.05, 4.69) is 10.9 Å². The molecular formula is C19H21N3O5. The zero-order chi connectivity index (χ0) is 19.8. The molecule has 2 aromatic rings. The van der Waals surface area contributed by atoms with Gasteiger partial charge in [-0.2, -0.15) is 0 Å². The summed E-state index contributed by atoms with van der Waals surface area (Å²) in [6.45, 7) is 1.71. The first kappa shape index (κ1) is 19.8. The number of hydrogen-bond donors (Lipinski definition) is 3. The third kappa shape index (κ3) is 5.46. The van der Waals surface area contributed by atoms with Crippen molar-refractivity contribution < 1.29 is 23.9 Å². The number of primary amides is 1. The minimum Gasteiger partial charge on any atom is -0.493 e. The second-order valence-electron chi connectivity index (χ2n) is 5.58. The van der Waals surface area contributed by atoms with Crippen LogP contribution in [0.5, 0.6) is 11.5 Å². The summed E-state index contributed by atoms with van der Waals surface area (Å²) in [6.07, 6.45) is 0.875. The predicted octanol–water partition coefficient (Wildman–Crippen LogP) is 1.20. The van der Waals surface area contributed by atoms with Crippen molar-refractivity contribution in [2.45, 2.75) is 13.3 Å². The van der Waals surface area contributed by atoms with Crippen molar-refractivity contribution >= 4 is 17.7 Å². The van der Waals surface area contributed by atoms with Gasteiger partial charge in [-0.05, 0) is 42.3 Å². The van der Waals surface area contributed by atoms with Crippen LogP contribution in [0.15, 0.2) is 42.5 Å². The summed E-state index contributed by atoms with van der Waals surface area (Å²) < 4.78 is 10.3. The van der Waals surface area contributed by atoms with Crippen molar-refractivity contribution in [1.82, 2.24) is 10.9 Å². The molecule has 0 aromatic heterocycles. The van der Waals surface area contributed by atoms with Crippen molar-refractivity contribution in [2.24, 2.45) is 5.73 Å². The van der Waals surface area contributed by atoms with Crippen LogP contribution in [0, 0.1) is 0 Å². The number of nitrogens with two attached hydrogens (primary N) is 1. The molecule has 3 amide bonds. The summed E-state index contributed by atoms with van der Waals surface area (Å²) in [5.74, 6) is -1.07. The highest BCUT2D eigenvalue weighted by Gasteiger charge is 2.13. The van der Waals surface area contributed by atoms with E-state index < -0.39 is 17.7 Å². The molecule has 0 heterocycles. The van der Waals surface area contributed by atoms with Crippen LogP contribution in [-0.2, 0) is 11.2 Å². The fourth-order valence-corrected chi connectivity index (χ4v) is 2.23. The molecule has 142 valence electrons. The van der Waals surface area contributed by atoms with Crippen LogP contribution < -0.4 is 26.1 Å². The largest absolute Gasteiger partial charge is 0.493 e. The summed E-state index contributed by atoms with van der Waals surface area (Å²) in [5, 5.41) is 0. The maximum Gasteiger partial charge on any atom is 0.269 e. The van der Waals surface area contributed by atoms with E-state index >= 15 is 0 Å². The van der Waals surface area contributed by atoms with Crippen LogP contribution in [0.2, 0.25) is 0 Å². The second kappa shape index (κ2) is 9.23. The molecule has 0 spiro atoms. The zero-order valence-corrected chi connectivity index (χ0v) is 15.1. The molecule has 2 rings (SSSR count). The number of hydrogen-bond acceptors (Lipinski definition) is 5. The van der Waals surface area contributed by atoms with Gasteiger partial charge in [0.2, 0.25) is 0 Å². The Morgan fingerprint density at radius 2 is 1.52 bits per heavy atom. The molecule has 0 saturated heterocycles. The molecule has 0 aliphatic rings. The van der Waals surface area contributed by atoms with E-state index in [1.54, 1.807) is 12.1 Å².